The highest BCUT2D eigenvalue weighted by atomic mass is 32.2. The summed E-state index contributed by atoms with van der Waals surface area (Å²) >= 11 is 1.60. The Hall–Kier alpha value is -2.50. The molecule has 0 fully saturated rings. The maximum Gasteiger partial charge on any atom is 0.270 e. The van der Waals surface area contributed by atoms with E-state index in [0.717, 1.165) is 11.6 Å². The van der Waals surface area contributed by atoms with Gasteiger partial charge in [-0.15, -0.1) is 0 Å². The lowest BCUT2D eigenvalue weighted by Gasteiger charge is -2.12. The van der Waals surface area contributed by atoms with Crippen LogP contribution in [0.1, 0.15) is 5.56 Å². The second kappa shape index (κ2) is 9.27. The van der Waals surface area contributed by atoms with Crippen molar-refractivity contribution in [1.82, 2.24) is 15.4 Å². The fourth-order valence-corrected chi connectivity index (χ4v) is 3.75. The zero-order valence-electron chi connectivity index (χ0n) is 14.0. The first-order chi connectivity index (χ1) is 12.4. The molecule has 0 atom stereocenters. The summed E-state index contributed by atoms with van der Waals surface area (Å²) in [6.07, 6.45) is 0. The number of non-ortho nitro benzene ring substituents is 1. The molecule has 9 nitrogen and oxygen atoms in total. The molecule has 0 aliphatic heterocycles. The summed E-state index contributed by atoms with van der Waals surface area (Å²) in [7, 11) is -2.20. The lowest BCUT2D eigenvalue weighted by atomic mass is 10.3. The highest BCUT2D eigenvalue weighted by Crippen LogP contribution is 2.16. The van der Waals surface area contributed by atoms with E-state index in [9.17, 15) is 18.5 Å². The zero-order chi connectivity index (χ0) is 19.0. The third-order valence-corrected chi connectivity index (χ3v) is 5.50. The van der Waals surface area contributed by atoms with Gasteiger partial charge in [-0.1, -0.05) is 6.07 Å². The highest BCUT2D eigenvalue weighted by Gasteiger charge is 2.16. The largest absolute Gasteiger partial charge is 0.355 e. The minimum atomic E-state index is -3.82. The van der Waals surface area contributed by atoms with Crippen molar-refractivity contribution in [3.63, 3.8) is 0 Å². The zero-order valence-corrected chi connectivity index (χ0v) is 15.6. The Morgan fingerprint density at radius 3 is 2.73 bits per heavy atom. The van der Waals surface area contributed by atoms with Crippen LogP contribution in [0.3, 0.4) is 0 Å². The van der Waals surface area contributed by atoms with Crippen LogP contribution in [-0.2, 0) is 16.6 Å². The smallest absolute Gasteiger partial charge is 0.270 e. The monoisotopic (exact) mass is 397 g/mol. The number of benzene rings is 1. The van der Waals surface area contributed by atoms with Gasteiger partial charge in [-0.2, -0.15) is 11.3 Å². The number of nitro groups is 1. The van der Waals surface area contributed by atoms with Gasteiger partial charge in [-0.25, -0.2) is 13.1 Å². The van der Waals surface area contributed by atoms with Crippen LogP contribution >= 0.6 is 11.3 Å². The molecule has 2 rings (SSSR count). The van der Waals surface area contributed by atoms with Crippen molar-refractivity contribution < 1.29 is 13.3 Å². The van der Waals surface area contributed by atoms with Crippen molar-refractivity contribution in [2.75, 3.05) is 20.1 Å². The van der Waals surface area contributed by atoms with Gasteiger partial charge in [-0.3, -0.25) is 15.1 Å². The van der Waals surface area contributed by atoms with Gasteiger partial charge in [0.1, 0.15) is 0 Å². The van der Waals surface area contributed by atoms with E-state index >= 15 is 0 Å². The maximum atomic E-state index is 12.2. The van der Waals surface area contributed by atoms with Crippen LogP contribution in [0.15, 0.2) is 51.0 Å². The number of nitro benzene ring substituents is 1. The van der Waals surface area contributed by atoms with E-state index in [1.54, 1.807) is 18.4 Å². The van der Waals surface area contributed by atoms with Crippen LogP contribution in [0, 0.1) is 10.1 Å². The van der Waals surface area contributed by atoms with Crippen molar-refractivity contribution in [2.45, 2.75) is 11.4 Å². The molecule has 1 heterocycles. The first-order valence-corrected chi connectivity index (χ1v) is 10.0. The molecule has 0 saturated heterocycles. The Kier molecular flexibility index (Phi) is 7.06. The summed E-state index contributed by atoms with van der Waals surface area (Å²) in [5.74, 6) is 0.547. The van der Waals surface area contributed by atoms with Gasteiger partial charge in [0.2, 0.25) is 10.0 Å². The second-order valence-electron chi connectivity index (χ2n) is 5.14. The molecule has 11 heteroatoms. The van der Waals surface area contributed by atoms with Gasteiger partial charge in [0.25, 0.3) is 5.69 Å². The van der Waals surface area contributed by atoms with E-state index in [1.807, 2.05) is 16.8 Å². The number of rotatable bonds is 8. The Labute approximate surface area is 155 Å². The summed E-state index contributed by atoms with van der Waals surface area (Å²) in [6, 6.07) is 6.91. The SMILES string of the molecule is CN=C(NCCNS(=O)(=O)c1cccc([N+](=O)[O-])c1)NCc1ccsc1. The number of nitrogens with one attached hydrogen (secondary N) is 3. The molecule has 0 aliphatic carbocycles. The molecule has 0 spiro atoms. The van der Waals surface area contributed by atoms with E-state index in [2.05, 4.69) is 20.3 Å². The molecule has 0 unspecified atom stereocenters. The molecule has 0 bridgehead atoms. The summed E-state index contributed by atoms with van der Waals surface area (Å²) in [5.41, 5.74) is 0.855. The standard InChI is InChI=1S/C15H19N5O4S2/c1-16-15(18-10-12-5-8-25-11-12)17-6-7-19-26(23,24)14-4-2-3-13(9-14)20(21)22/h2-5,8-9,11,19H,6-7,10H2,1H3,(H2,16,17,18). The first-order valence-electron chi connectivity index (χ1n) is 7.62. The molecular weight excluding hydrogens is 378 g/mol. The number of nitrogens with zero attached hydrogens (tertiary/aromatic N) is 2. The predicted octanol–water partition coefficient (Wildman–Crippen LogP) is 1.30. The topological polar surface area (TPSA) is 126 Å². The Bertz CT molecular complexity index is 866. The Morgan fingerprint density at radius 2 is 2.08 bits per heavy atom. The molecule has 26 heavy (non-hydrogen) atoms. The summed E-state index contributed by atoms with van der Waals surface area (Å²) in [5, 5.41) is 20.9. The highest BCUT2D eigenvalue weighted by molar-refractivity contribution is 7.89. The van der Waals surface area contributed by atoms with Crippen molar-refractivity contribution in [3.05, 3.63) is 56.8 Å². The van der Waals surface area contributed by atoms with Gasteiger partial charge in [0.15, 0.2) is 5.96 Å². The van der Waals surface area contributed by atoms with E-state index in [4.69, 9.17) is 0 Å². The summed E-state index contributed by atoms with van der Waals surface area (Å²) in [6.45, 7) is 1.02. The molecule has 3 N–H and O–H groups in total. The van der Waals surface area contributed by atoms with Crippen LogP contribution < -0.4 is 15.4 Å². The van der Waals surface area contributed by atoms with Gasteiger partial charge in [-0.05, 0) is 28.5 Å². The molecular formula is C15H19N5O4S2. The van der Waals surface area contributed by atoms with Gasteiger partial charge in [0, 0.05) is 38.8 Å². The third-order valence-electron chi connectivity index (χ3n) is 3.31. The molecule has 0 saturated carbocycles. The summed E-state index contributed by atoms with van der Waals surface area (Å²) < 4.78 is 26.8. The molecule has 1 aromatic heterocycles. The van der Waals surface area contributed by atoms with Gasteiger partial charge >= 0.3 is 0 Å². The maximum absolute atomic E-state index is 12.2. The van der Waals surface area contributed by atoms with Crippen LogP contribution in [0.2, 0.25) is 0 Å². The number of hydrogen-bond acceptors (Lipinski definition) is 6. The molecule has 1 aromatic carbocycles. The lowest BCUT2D eigenvalue weighted by Crippen LogP contribution is -2.41. The first kappa shape index (κ1) is 19.8. The Morgan fingerprint density at radius 1 is 1.27 bits per heavy atom. The number of hydrogen-bond donors (Lipinski definition) is 3. The second-order valence-corrected chi connectivity index (χ2v) is 7.68. The van der Waals surface area contributed by atoms with Gasteiger partial charge in [0.05, 0.1) is 9.82 Å². The molecule has 140 valence electrons. The number of thiophene rings is 1. The normalized spacial score (nSPS) is 12.0. The summed E-state index contributed by atoms with van der Waals surface area (Å²) in [4.78, 5) is 14.0. The van der Waals surface area contributed by atoms with Crippen molar-refractivity contribution in [1.29, 1.82) is 0 Å². The predicted molar refractivity (Wildman–Crippen MR) is 101 cm³/mol. The number of aliphatic imine (C=N–C) groups is 1. The quantitative estimate of drug-likeness (QED) is 0.203. The molecule has 2 aromatic rings. The van der Waals surface area contributed by atoms with Crippen molar-refractivity contribution in [2.24, 2.45) is 4.99 Å². The number of sulfonamides is 1. The fraction of sp³-hybridized carbons (Fsp3) is 0.267. The van der Waals surface area contributed by atoms with Crippen LogP contribution in [-0.4, -0.2) is 39.4 Å². The minimum Gasteiger partial charge on any atom is -0.355 e. The van der Waals surface area contributed by atoms with Crippen LogP contribution in [0.4, 0.5) is 5.69 Å². The van der Waals surface area contributed by atoms with Gasteiger partial charge < -0.3 is 10.6 Å². The van der Waals surface area contributed by atoms with Crippen LogP contribution in [0.5, 0.6) is 0 Å². The third kappa shape index (κ3) is 5.79. The van der Waals surface area contributed by atoms with E-state index < -0.39 is 14.9 Å². The lowest BCUT2D eigenvalue weighted by molar-refractivity contribution is -0.385. The van der Waals surface area contributed by atoms with Crippen molar-refractivity contribution >= 4 is 33.0 Å². The molecule has 0 aliphatic rings. The van der Waals surface area contributed by atoms with Crippen molar-refractivity contribution in [3.8, 4) is 0 Å². The average molecular weight is 397 g/mol. The number of guanidine groups is 1. The molecule has 0 radical (unpaired) electrons. The average Bonchev–Trinajstić information content (AvgIpc) is 3.14. The fourth-order valence-electron chi connectivity index (χ4n) is 2.01. The van der Waals surface area contributed by atoms with E-state index in [1.165, 1.54) is 18.2 Å². The Balaban J connectivity index is 1.82. The van der Waals surface area contributed by atoms with Crippen LogP contribution in [0.25, 0.3) is 0 Å². The molecule has 0 amide bonds. The van der Waals surface area contributed by atoms with E-state index in [0.29, 0.717) is 19.0 Å². The van der Waals surface area contributed by atoms with E-state index in [-0.39, 0.29) is 17.1 Å². The minimum absolute atomic E-state index is 0.101.